The molecule has 1 unspecified atom stereocenters. The Balaban J connectivity index is 1.47. The van der Waals surface area contributed by atoms with Gasteiger partial charge in [0.25, 0.3) is 5.91 Å². The summed E-state index contributed by atoms with van der Waals surface area (Å²) in [5.74, 6) is 1.42. The SMILES string of the molecule is CC(NC(=O)c1ccc(Cl)cc1)c1nc2ccccc2n1CCCOc1ccc(Cl)cc1. The molecule has 0 bridgehead atoms. The van der Waals surface area contributed by atoms with E-state index >= 15 is 0 Å². The lowest BCUT2D eigenvalue weighted by Gasteiger charge is -2.17. The Kier molecular flexibility index (Phi) is 6.98. The molecule has 0 saturated heterocycles. The van der Waals surface area contributed by atoms with Crippen molar-refractivity contribution in [1.82, 2.24) is 14.9 Å². The zero-order valence-corrected chi connectivity index (χ0v) is 19.1. The number of rotatable bonds is 8. The van der Waals surface area contributed by atoms with E-state index < -0.39 is 0 Å². The Morgan fingerprint density at radius 3 is 2.38 bits per heavy atom. The third-order valence-electron chi connectivity index (χ3n) is 5.13. The Morgan fingerprint density at radius 2 is 1.66 bits per heavy atom. The summed E-state index contributed by atoms with van der Waals surface area (Å²) < 4.78 is 7.98. The zero-order chi connectivity index (χ0) is 22.5. The van der Waals surface area contributed by atoms with Gasteiger partial charge in [-0.1, -0.05) is 35.3 Å². The van der Waals surface area contributed by atoms with Crippen molar-refractivity contribution < 1.29 is 9.53 Å². The standard InChI is InChI=1S/C25H23Cl2N3O2/c1-17(28-25(31)18-7-9-19(26)10-8-18)24-29-22-5-2-3-6-23(22)30(24)15-4-16-32-21-13-11-20(27)12-14-21/h2-3,5-14,17H,4,15-16H2,1H3,(H,28,31). The van der Waals surface area contributed by atoms with Gasteiger partial charge in [-0.2, -0.15) is 0 Å². The third kappa shape index (κ3) is 5.23. The first-order valence-corrected chi connectivity index (χ1v) is 11.2. The monoisotopic (exact) mass is 467 g/mol. The second-order valence-corrected chi connectivity index (χ2v) is 8.34. The predicted octanol–water partition coefficient (Wildman–Crippen LogP) is 6.30. The summed E-state index contributed by atoms with van der Waals surface area (Å²) in [6, 6.07) is 21.9. The Bertz CT molecular complexity index is 1200. The van der Waals surface area contributed by atoms with Gasteiger partial charge in [0.2, 0.25) is 0 Å². The molecule has 5 nitrogen and oxygen atoms in total. The number of hydrogen-bond donors (Lipinski definition) is 1. The summed E-state index contributed by atoms with van der Waals surface area (Å²) in [4.78, 5) is 17.5. The maximum Gasteiger partial charge on any atom is 0.251 e. The fourth-order valence-corrected chi connectivity index (χ4v) is 3.80. The molecule has 1 amide bonds. The van der Waals surface area contributed by atoms with E-state index in [-0.39, 0.29) is 11.9 Å². The van der Waals surface area contributed by atoms with Gasteiger partial charge in [0.15, 0.2) is 0 Å². The summed E-state index contributed by atoms with van der Waals surface area (Å²) in [5, 5.41) is 4.32. The molecule has 1 heterocycles. The number of benzene rings is 3. The highest BCUT2D eigenvalue weighted by Gasteiger charge is 2.19. The maximum atomic E-state index is 12.7. The second-order valence-electron chi connectivity index (χ2n) is 7.47. The lowest BCUT2D eigenvalue weighted by molar-refractivity contribution is 0.0937. The molecule has 0 aliphatic heterocycles. The number of aromatic nitrogens is 2. The lowest BCUT2D eigenvalue weighted by Crippen LogP contribution is -2.28. The van der Waals surface area contributed by atoms with Crippen LogP contribution in [0.4, 0.5) is 0 Å². The largest absolute Gasteiger partial charge is 0.494 e. The molecule has 0 saturated carbocycles. The quantitative estimate of drug-likeness (QED) is 0.309. The number of carbonyl (C=O) groups is 1. The third-order valence-corrected chi connectivity index (χ3v) is 5.64. The van der Waals surface area contributed by atoms with Crippen LogP contribution in [0.15, 0.2) is 72.8 Å². The number of nitrogens with zero attached hydrogens (tertiary/aromatic N) is 2. The first kappa shape index (κ1) is 22.2. The normalized spacial score (nSPS) is 12.0. The van der Waals surface area contributed by atoms with Crippen molar-refractivity contribution >= 4 is 40.1 Å². The van der Waals surface area contributed by atoms with Gasteiger partial charge in [0.1, 0.15) is 11.6 Å². The molecule has 164 valence electrons. The number of hydrogen-bond acceptors (Lipinski definition) is 3. The molecule has 32 heavy (non-hydrogen) atoms. The van der Waals surface area contributed by atoms with Crippen LogP contribution in [0.25, 0.3) is 11.0 Å². The van der Waals surface area contributed by atoms with Gasteiger partial charge in [-0.15, -0.1) is 0 Å². The van der Waals surface area contributed by atoms with E-state index in [1.807, 2.05) is 55.5 Å². The van der Waals surface area contributed by atoms with Crippen molar-refractivity contribution in [2.75, 3.05) is 6.61 Å². The number of para-hydroxylation sites is 2. The average molecular weight is 468 g/mol. The molecule has 3 aromatic carbocycles. The van der Waals surface area contributed by atoms with Crippen LogP contribution in [0, 0.1) is 0 Å². The minimum absolute atomic E-state index is 0.168. The summed E-state index contributed by atoms with van der Waals surface area (Å²) in [6.07, 6.45) is 0.786. The number of halogens is 2. The van der Waals surface area contributed by atoms with Crippen molar-refractivity contribution in [1.29, 1.82) is 0 Å². The van der Waals surface area contributed by atoms with Crippen LogP contribution in [0.5, 0.6) is 5.75 Å². The molecular weight excluding hydrogens is 445 g/mol. The Hall–Kier alpha value is -3.02. The van der Waals surface area contributed by atoms with Crippen molar-refractivity contribution in [2.24, 2.45) is 0 Å². The number of nitrogens with one attached hydrogen (secondary N) is 1. The molecule has 1 aromatic heterocycles. The minimum atomic E-state index is -0.275. The molecule has 0 aliphatic rings. The number of carbonyl (C=O) groups excluding carboxylic acids is 1. The van der Waals surface area contributed by atoms with Crippen molar-refractivity contribution in [3.8, 4) is 5.75 Å². The molecule has 0 aliphatic carbocycles. The Morgan fingerprint density at radius 1 is 1.00 bits per heavy atom. The summed E-state index contributed by atoms with van der Waals surface area (Å²) in [6.45, 7) is 3.21. The summed E-state index contributed by atoms with van der Waals surface area (Å²) in [5.41, 5.74) is 2.48. The predicted molar refractivity (Wildman–Crippen MR) is 129 cm³/mol. The van der Waals surface area contributed by atoms with E-state index in [2.05, 4.69) is 9.88 Å². The maximum absolute atomic E-state index is 12.7. The molecular formula is C25H23Cl2N3O2. The molecule has 1 N–H and O–H groups in total. The molecule has 0 radical (unpaired) electrons. The van der Waals surface area contributed by atoms with Crippen LogP contribution in [-0.4, -0.2) is 22.1 Å². The highest BCUT2D eigenvalue weighted by atomic mass is 35.5. The minimum Gasteiger partial charge on any atom is -0.494 e. The van der Waals surface area contributed by atoms with E-state index in [0.29, 0.717) is 28.8 Å². The van der Waals surface area contributed by atoms with Gasteiger partial charge in [-0.3, -0.25) is 4.79 Å². The van der Waals surface area contributed by atoms with Gasteiger partial charge in [-0.25, -0.2) is 4.98 Å². The van der Waals surface area contributed by atoms with Gasteiger partial charge in [0, 0.05) is 22.2 Å². The first-order chi connectivity index (χ1) is 15.5. The highest BCUT2D eigenvalue weighted by molar-refractivity contribution is 6.30. The van der Waals surface area contributed by atoms with Gasteiger partial charge in [-0.05, 0) is 74.0 Å². The Labute approximate surface area is 196 Å². The van der Waals surface area contributed by atoms with Gasteiger partial charge in [0.05, 0.1) is 23.7 Å². The number of amides is 1. The molecule has 4 aromatic rings. The molecule has 1 atom stereocenters. The first-order valence-electron chi connectivity index (χ1n) is 10.4. The van der Waals surface area contributed by atoms with Crippen molar-refractivity contribution in [3.63, 3.8) is 0 Å². The van der Waals surface area contributed by atoms with E-state index in [9.17, 15) is 4.79 Å². The zero-order valence-electron chi connectivity index (χ0n) is 17.6. The van der Waals surface area contributed by atoms with Crippen molar-refractivity contribution in [3.05, 3.63) is 94.2 Å². The van der Waals surface area contributed by atoms with E-state index in [1.165, 1.54) is 0 Å². The number of ether oxygens (including phenoxy) is 1. The van der Waals surface area contributed by atoms with Gasteiger partial charge < -0.3 is 14.6 Å². The van der Waals surface area contributed by atoms with Crippen LogP contribution in [0.3, 0.4) is 0 Å². The summed E-state index contributed by atoms with van der Waals surface area (Å²) >= 11 is 11.9. The van der Waals surface area contributed by atoms with Crippen LogP contribution >= 0.6 is 23.2 Å². The molecule has 7 heteroatoms. The van der Waals surface area contributed by atoms with Crippen LogP contribution in [0.1, 0.15) is 35.6 Å². The van der Waals surface area contributed by atoms with Gasteiger partial charge >= 0.3 is 0 Å². The number of aryl methyl sites for hydroxylation is 1. The number of imidazole rings is 1. The molecule has 0 spiro atoms. The lowest BCUT2D eigenvalue weighted by atomic mass is 10.2. The van der Waals surface area contributed by atoms with Crippen LogP contribution in [0.2, 0.25) is 10.0 Å². The second kappa shape index (κ2) is 10.1. The topological polar surface area (TPSA) is 56.2 Å². The molecule has 0 fully saturated rings. The van der Waals surface area contributed by atoms with Crippen LogP contribution in [-0.2, 0) is 6.54 Å². The van der Waals surface area contributed by atoms with E-state index in [1.54, 1.807) is 24.3 Å². The van der Waals surface area contributed by atoms with E-state index in [0.717, 1.165) is 29.0 Å². The number of fused-ring (bicyclic) bond motifs is 1. The fourth-order valence-electron chi connectivity index (χ4n) is 3.55. The fraction of sp³-hybridized carbons (Fsp3) is 0.200. The van der Waals surface area contributed by atoms with E-state index in [4.69, 9.17) is 32.9 Å². The van der Waals surface area contributed by atoms with Crippen LogP contribution < -0.4 is 10.1 Å². The molecule has 4 rings (SSSR count). The smallest absolute Gasteiger partial charge is 0.251 e. The highest BCUT2D eigenvalue weighted by Crippen LogP contribution is 2.22. The summed E-state index contributed by atoms with van der Waals surface area (Å²) in [7, 11) is 0. The van der Waals surface area contributed by atoms with Crippen molar-refractivity contribution in [2.45, 2.75) is 25.9 Å². The average Bonchev–Trinajstić information content (AvgIpc) is 3.17.